The number of carbonyl (C=O) groups excluding carboxylic acids is 1. The molecular weight excluding hydrogens is 268 g/mol. The van der Waals surface area contributed by atoms with Crippen molar-refractivity contribution in [2.45, 2.75) is 18.0 Å². The minimum absolute atomic E-state index is 0.160. The lowest BCUT2D eigenvalue weighted by Gasteiger charge is -2.09. The Bertz CT molecular complexity index is 555. The molecule has 0 radical (unpaired) electrons. The van der Waals surface area contributed by atoms with Crippen LogP contribution in [0.2, 0.25) is 0 Å². The molecule has 19 heavy (non-hydrogen) atoms. The van der Waals surface area contributed by atoms with Crippen LogP contribution in [0.25, 0.3) is 0 Å². The second kappa shape index (κ2) is 6.43. The normalized spacial score (nSPS) is 13.1. The molecule has 9 heteroatoms. The summed E-state index contributed by atoms with van der Waals surface area (Å²) in [7, 11) is 0. The zero-order valence-electron chi connectivity index (χ0n) is 10.2. The molecule has 1 amide bonds. The fraction of sp³-hybridized carbons (Fsp3) is 0.500. The van der Waals surface area contributed by atoms with E-state index in [9.17, 15) is 9.59 Å². The quantitative estimate of drug-likeness (QED) is 0.685. The maximum atomic E-state index is 12.0. The van der Waals surface area contributed by atoms with Crippen molar-refractivity contribution in [3.8, 4) is 0 Å². The average Bonchev–Trinajstić information content (AvgIpc) is 2.44. The third-order valence-corrected chi connectivity index (χ3v) is 3.24. The van der Waals surface area contributed by atoms with Gasteiger partial charge in [0, 0.05) is 37.9 Å². The van der Waals surface area contributed by atoms with Crippen LogP contribution in [0.5, 0.6) is 0 Å². The van der Waals surface area contributed by atoms with Gasteiger partial charge in [-0.05, 0) is 0 Å². The largest absolute Gasteiger partial charge is 0.355 e. The Morgan fingerprint density at radius 1 is 1.53 bits per heavy atom. The Hall–Kier alpha value is -1.74. The van der Waals surface area contributed by atoms with E-state index in [4.69, 9.17) is 5.73 Å². The number of thioether (sulfide) groups is 1. The molecule has 102 valence electrons. The van der Waals surface area contributed by atoms with Crippen molar-refractivity contribution in [1.29, 1.82) is 0 Å². The topological polar surface area (TPSA) is 115 Å². The molecule has 0 aromatic carbocycles. The van der Waals surface area contributed by atoms with Crippen molar-refractivity contribution in [1.82, 2.24) is 20.2 Å². The third kappa shape index (κ3) is 3.38. The summed E-state index contributed by atoms with van der Waals surface area (Å²) in [6.45, 7) is 0.813. The van der Waals surface area contributed by atoms with Gasteiger partial charge in [0.25, 0.3) is 5.56 Å². The van der Waals surface area contributed by atoms with Crippen molar-refractivity contribution >= 4 is 23.9 Å². The van der Waals surface area contributed by atoms with Gasteiger partial charge in [-0.2, -0.15) is 9.78 Å². The summed E-state index contributed by atoms with van der Waals surface area (Å²) in [5, 5.41) is 14.9. The molecule has 0 bridgehead atoms. The number of aromatic nitrogens is 3. The van der Waals surface area contributed by atoms with Gasteiger partial charge in [0.15, 0.2) is 0 Å². The van der Waals surface area contributed by atoms with Crippen LogP contribution < -0.4 is 16.6 Å². The molecule has 2 heterocycles. The maximum absolute atomic E-state index is 12.0. The van der Waals surface area contributed by atoms with Gasteiger partial charge >= 0.3 is 0 Å². The summed E-state index contributed by atoms with van der Waals surface area (Å²) in [6, 6.07) is 0. The number of nitrogens with zero attached hydrogens (tertiary/aromatic N) is 4. The summed E-state index contributed by atoms with van der Waals surface area (Å²) in [4.78, 5) is 23.4. The molecule has 1 aromatic heterocycles. The van der Waals surface area contributed by atoms with E-state index in [1.54, 1.807) is 6.21 Å². The van der Waals surface area contributed by atoms with Gasteiger partial charge < -0.3 is 11.1 Å². The van der Waals surface area contributed by atoms with Gasteiger partial charge in [-0.1, -0.05) is 11.8 Å². The lowest BCUT2D eigenvalue weighted by Crippen LogP contribution is -2.31. The predicted molar refractivity (Wildman–Crippen MR) is 71.3 cm³/mol. The SMILES string of the molecule is NCCNC(=O)CCc1nnc2n(c1=O)N=CCS2. The van der Waals surface area contributed by atoms with Gasteiger partial charge in [-0.3, -0.25) is 9.59 Å². The van der Waals surface area contributed by atoms with Crippen LogP contribution in [0, 0.1) is 0 Å². The van der Waals surface area contributed by atoms with Crippen LogP contribution in [0.1, 0.15) is 12.1 Å². The fourth-order valence-electron chi connectivity index (χ4n) is 1.50. The first kappa shape index (κ1) is 13.7. The lowest BCUT2D eigenvalue weighted by atomic mass is 10.2. The number of nitrogens with two attached hydrogens (primary N) is 1. The molecule has 8 nitrogen and oxygen atoms in total. The molecule has 0 saturated carbocycles. The maximum Gasteiger partial charge on any atom is 0.296 e. The molecule has 0 saturated heterocycles. The number of amides is 1. The Labute approximate surface area is 113 Å². The van der Waals surface area contributed by atoms with E-state index < -0.39 is 0 Å². The van der Waals surface area contributed by atoms with Crippen LogP contribution >= 0.6 is 11.8 Å². The van der Waals surface area contributed by atoms with E-state index in [0.717, 1.165) is 0 Å². The van der Waals surface area contributed by atoms with Gasteiger partial charge in [0.05, 0.1) is 0 Å². The van der Waals surface area contributed by atoms with Gasteiger partial charge in [-0.15, -0.1) is 10.2 Å². The summed E-state index contributed by atoms with van der Waals surface area (Å²) in [6.07, 6.45) is 2.06. The van der Waals surface area contributed by atoms with Crippen LogP contribution in [0.3, 0.4) is 0 Å². The first-order chi connectivity index (χ1) is 9.22. The monoisotopic (exact) mass is 282 g/mol. The van der Waals surface area contributed by atoms with E-state index in [2.05, 4.69) is 20.6 Å². The Morgan fingerprint density at radius 3 is 3.16 bits per heavy atom. The van der Waals surface area contributed by atoms with Crippen molar-refractivity contribution in [2.75, 3.05) is 18.8 Å². The second-order valence-electron chi connectivity index (χ2n) is 3.79. The van der Waals surface area contributed by atoms with Crippen LogP contribution in [-0.4, -0.2) is 45.8 Å². The highest BCUT2D eigenvalue weighted by atomic mass is 32.2. The van der Waals surface area contributed by atoms with Gasteiger partial charge in [0.1, 0.15) is 5.69 Å². The molecule has 0 unspecified atom stereocenters. The molecule has 1 aromatic rings. The number of fused-ring (bicyclic) bond motifs is 1. The lowest BCUT2D eigenvalue weighted by molar-refractivity contribution is -0.121. The van der Waals surface area contributed by atoms with E-state index in [1.807, 2.05) is 0 Å². The zero-order valence-corrected chi connectivity index (χ0v) is 11.0. The third-order valence-electron chi connectivity index (χ3n) is 2.42. The van der Waals surface area contributed by atoms with Crippen molar-refractivity contribution < 1.29 is 4.79 Å². The molecule has 3 N–H and O–H groups in total. The number of rotatable bonds is 5. The summed E-state index contributed by atoms with van der Waals surface area (Å²) >= 11 is 1.39. The van der Waals surface area contributed by atoms with Gasteiger partial charge in [0.2, 0.25) is 11.1 Å². The Kier molecular flexibility index (Phi) is 4.63. The minimum Gasteiger partial charge on any atom is -0.355 e. The van der Waals surface area contributed by atoms with Crippen LogP contribution in [-0.2, 0) is 11.2 Å². The predicted octanol–water partition coefficient (Wildman–Crippen LogP) is -1.41. The Morgan fingerprint density at radius 2 is 2.37 bits per heavy atom. The molecule has 1 aliphatic heterocycles. The highest BCUT2D eigenvalue weighted by molar-refractivity contribution is 7.99. The van der Waals surface area contributed by atoms with Gasteiger partial charge in [-0.25, -0.2) is 0 Å². The molecule has 2 rings (SSSR count). The number of carbonyl (C=O) groups is 1. The molecular formula is C10H14N6O2S. The van der Waals surface area contributed by atoms with E-state index >= 15 is 0 Å². The highest BCUT2D eigenvalue weighted by Crippen LogP contribution is 2.14. The standard InChI is InChI=1S/C10H14N6O2S/c11-3-4-12-8(17)2-1-7-9(18)16-10(15-14-7)19-6-5-13-16/h5H,1-4,6,11H2,(H,12,17). The van der Waals surface area contributed by atoms with Crippen molar-refractivity contribution in [3.05, 3.63) is 16.0 Å². The number of aryl methyl sites for hydroxylation is 1. The summed E-state index contributed by atoms with van der Waals surface area (Å²) in [5.41, 5.74) is 5.20. The minimum atomic E-state index is -0.319. The molecule has 0 atom stereocenters. The number of hydrogen-bond donors (Lipinski definition) is 2. The smallest absolute Gasteiger partial charge is 0.296 e. The zero-order chi connectivity index (χ0) is 13.7. The molecule has 0 spiro atoms. The molecule has 1 aliphatic rings. The highest BCUT2D eigenvalue weighted by Gasteiger charge is 2.15. The Balaban J connectivity index is 2.04. The van der Waals surface area contributed by atoms with E-state index in [0.29, 0.717) is 24.0 Å². The molecule has 0 fully saturated rings. The van der Waals surface area contributed by atoms with Crippen molar-refractivity contribution in [2.24, 2.45) is 10.8 Å². The summed E-state index contributed by atoms with van der Waals surface area (Å²) in [5.74, 6) is 0.516. The van der Waals surface area contributed by atoms with Crippen LogP contribution in [0.4, 0.5) is 0 Å². The average molecular weight is 282 g/mol. The first-order valence-electron chi connectivity index (χ1n) is 5.83. The first-order valence-corrected chi connectivity index (χ1v) is 6.82. The van der Waals surface area contributed by atoms with E-state index in [1.165, 1.54) is 16.4 Å². The summed E-state index contributed by atoms with van der Waals surface area (Å²) < 4.78 is 1.22. The molecule has 0 aliphatic carbocycles. The number of nitrogens with one attached hydrogen (secondary N) is 1. The number of hydrogen-bond acceptors (Lipinski definition) is 7. The second-order valence-corrected chi connectivity index (χ2v) is 4.78. The fourth-order valence-corrected chi connectivity index (χ4v) is 2.15. The van der Waals surface area contributed by atoms with Crippen LogP contribution in [0.15, 0.2) is 15.1 Å². The van der Waals surface area contributed by atoms with Crippen molar-refractivity contribution in [3.63, 3.8) is 0 Å². The van der Waals surface area contributed by atoms with E-state index in [-0.39, 0.29) is 30.0 Å².